The minimum Gasteiger partial charge on any atom is -0.398 e. The highest BCUT2D eigenvalue weighted by molar-refractivity contribution is 5.98. The minimum atomic E-state index is 0.930. The molecule has 0 spiro atoms. The Kier molecular flexibility index (Phi) is 1.78. The highest BCUT2D eigenvalue weighted by atomic mass is 14.6. The zero-order valence-corrected chi connectivity index (χ0v) is 8.53. The molecule has 0 amide bonds. The second-order valence-corrected chi connectivity index (χ2v) is 4.03. The maximum Gasteiger partial charge on any atom is 0.0470 e. The quantitative estimate of drug-likeness (QED) is 0.641. The number of rotatable bonds is 0. The lowest BCUT2D eigenvalue weighted by Crippen LogP contribution is -2.00. The lowest BCUT2D eigenvalue weighted by atomic mass is 9.92. The van der Waals surface area contributed by atoms with Crippen molar-refractivity contribution in [3.8, 4) is 0 Å². The van der Waals surface area contributed by atoms with Gasteiger partial charge in [0.15, 0.2) is 0 Å². The van der Waals surface area contributed by atoms with Gasteiger partial charge in [0.1, 0.15) is 0 Å². The van der Waals surface area contributed by atoms with Gasteiger partial charge < -0.3 is 5.73 Å². The van der Waals surface area contributed by atoms with Crippen molar-refractivity contribution in [3.05, 3.63) is 47.5 Å². The molecule has 2 N–H and O–H groups in total. The van der Waals surface area contributed by atoms with E-state index in [0.717, 1.165) is 18.5 Å². The molecule has 0 atom stereocenters. The zero-order chi connectivity index (χ0) is 10.3. The Labute approximate surface area is 89.2 Å². The van der Waals surface area contributed by atoms with Crippen molar-refractivity contribution in [2.45, 2.75) is 12.8 Å². The molecule has 0 fully saturated rings. The van der Waals surface area contributed by atoms with Gasteiger partial charge in [-0.3, -0.25) is 0 Å². The van der Waals surface area contributed by atoms with Crippen LogP contribution in [0.1, 0.15) is 17.5 Å². The zero-order valence-electron chi connectivity index (χ0n) is 8.53. The molecule has 1 nitrogen and oxygen atoms in total. The van der Waals surface area contributed by atoms with Crippen molar-refractivity contribution in [1.29, 1.82) is 0 Å². The van der Waals surface area contributed by atoms with Crippen LogP contribution in [0, 0.1) is 0 Å². The van der Waals surface area contributed by atoms with Crippen LogP contribution in [-0.4, -0.2) is 0 Å². The highest BCUT2D eigenvalue weighted by Crippen LogP contribution is 2.32. The Morgan fingerprint density at radius 3 is 2.93 bits per heavy atom. The first kappa shape index (κ1) is 8.54. The summed E-state index contributed by atoms with van der Waals surface area (Å²) < 4.78 is 0. The van der Waals surface area contributed by atoms with Crippen LogP contribution in [0.4, 0.5) is 5.69 Å². The van der Waals surface area contributed by atoms with Crippen molar-refractivity contribution in [1.82, 2.24) is 0 Å². The Morgan fingerprint density at radius 1 is 1.13 bits per heavy atom. The number of nitrogen functional groups attached to an aromatic ring is 1. The number of hydrogen-bond acceptors (Lipinski definition) is 1. The van der Waals surface area contributed by atoms with Gasteiger partial charge in [0.2, 0.25) is 0 Å². The first-order valence-corrected chi connectivity index (χ1v) is 5.33. The van der Waals surface area contributed by atoms with Gasteiger partial charge in [-0.15, -0.1) is 0 Å². The van der Waals surface area contributed by atoms with E-state index in [4.69, 9.17) is 5.73 Å². The summed E-state index contributed by atoms with van der Waals surface area (Å²) in [4.78, 5) is 0. The van der Waals surface area contributed by atoms with E-state index in [1.807, 2.05) is 6.07 Å². The van der Waals surface area contributed by atoms with E-state index in [0.29, 0.717) is 0 Å². The standard InChI is InChI=1S/C14H13N/c15-14-12-7-3-1-5-10(12)9-11-6-2-4-8-13(11)14/h1,3-5,7-9H,2,6,15H2. The summed E-state index contributed by atoms with van der Waals surface area (Å²) in [5.74, 6) is 0. The fourth-order valence-corrected chi connectivity index (χ4v) is 2.30. The largest absolute Gasteiger partial charge is 0.398 e. The molecule has 0 unspecified atom stereocenters. The van der Waals surface area contributed by atoms with E-state index in [9.17, 15) is 0 Å². The van der Waals surface area contributed by atoms with Crippen LogP contribution in [0.15, 0.2) is 36.4 Å². The van der Waals surface area contributed by atoms with Crippen molar-refractivity contribution >= 4 is 22.5 Å². The number of benzene rings is 2. The predicted molar refractivity (Wildman–Crippen MR) is 65.7 cm³/mol. The third-order valence-electron chi connectivity index (χ3n) is 3.08. The number of fused-ring (bicyclic) bond motifs is 2. The number of aryl methyl sites for hydroxylation is 1. The van der Waals surface area contributed by atoms with E-state index in [1.54, 1.807) is 0 Å². The molecule has 1 aliphatic carbocycles. The first-order chi connectivity index (χ1) is 7.36. The summed E-state index contributed by atoms with van der Waals surface area (Å²) in [6.45, 7) is 0. The van der Waals surface area contributed by atoms with Crippen LogP contribution in [-0.2, 0) is 6.42 Å². The van der Waals surface area contributed by atoms with Crippen LogP contribution in [0.5, 0.6) is 0 Å². The van der Waals surface area contributed by atoms with Gasteiger partial charge in [0.05, 0.1) is 0 Å². The molecule has 74 valence electrons. The van der Waals surface area contributed by atoms with Gasteiger partial charge in [0.25, 0.3) is 0 Å². The minimum absolute atomic E-state index is 0.930. The average molecular weight is 195 g/mol. The number of nitrogens with two attached hydrogens (primary N) is 1. The van der Waals surface area contributed by atoms with Gasteiger partial charge >= 0.3 is 0 Å². The molecule has 0 aliphatic heterocycles. The van der Waals surface area contributed by atoms with E-state index < -0.39 is 0 Å². The monoisotopic (exact) mass is 195 g/mol. The Bertz CT molecular complexity index is 553. The second-order valence-electron chi connectivity index (χ2n) is 4.03. The molecule has 1 aliphatic rings. The molecule has 0 radical (unpaired) electrons. The lowest BCUT2D eigenvalue weighted by Gasteiger charge is -2.15. The molecule has 3 rings (SSSR count). The lowest BCUT2D eigenvalue weighted by molar-refractivity contribution is 0.990. The first-order valence-electron chi connectivity index (χ1n) is 5.33. The van der Waals surface area contributed by atoms with Gasteiger partial charge in [-0.05, 0) is 23.8 Å². The summed E-state index contributed by atoms with van der Waals surface area (Å²) in [5, 5.41) is 2.42. The Hall–Kier alpha value is -1.76. The van der Waals surface area contributed by atoms with Crippen molar-refractivity contribution in [2.75, 3.05) is 5.73 Å². The van der Waals surface area contributed by atoms with E-state index in [2.05, 4.69) is 36.4 Å². The van der Waals surface area contributed by atoms with Crippen LogP contribution in [0.3, 0.4) is 0 Å². The number of hydrogen-bond donors (Lipinski definition) is 1. The maximum absolute atomic E-state index is 6.19. The van der Waals surface area contributed by atoms with Crippen molar-refractivity contribution in [3.63, 3.8) is 0 Å². The molecule has 2 aromatic rings. The van der Waals surface area contributed by atoms with Crippen LogP contribution >= 0.6 is 0 Å². The number of anilines is 1. The fraction of sp³-hybridized carbons (Fsp3) is 0.143. The van der Waals surface area contributed by atoms with E-state index in [-0.39, 0.29) is 0 Å². The van der Waals surface area contributed by atoms with Gasteiger partial charge in [-0.1, -0.05) is 42.5 Å². The SMILES string of the molecule is Nc1c2c(cc3ccccc13)CCC=C2. The Balaban J connectivity index is 2.42. The van der Waals surface area contributed by atoms with Crippen LogP contribution < -0.4 is 5.73 Å². The van der Waals surface area contributed by atoms with Crippen LogP contribution in [0.25, 0.3) is 16.8 Å². The third kappa shape index (κ3) is 1.23. The molecule has 0 saturated heterocycles. The van der Waals surface area contributed by atoms with E-state index >= 15 is 0 Å². The summed E-state index contributed by atoms with van der Waals surface area (Å²) in [6, 6.07) is 10.6. The third-order valence-corrected chi connectivity index (χ3v) is 3.08. The van der Waals surface area contributed by atoms with E-state index in [1.165, 1.54) is 21.9 Å². The smallest absolute Gasteiger partial charge is 0.0470 e. The predicted octanol–water partition coefficient (Wildman–Crippen LogP) is 3.38. The highest BCUT2D eigenvalue weighted by Gasteiger charge is 2.10. The molecule has 0 bridgehead atoms. The molecular weight excluding hydrogens is 182 g/mol. The van der Waals surface area contributed by atoms with Gasteiger partial charge in [-0.2, -0.15) is 0 Å². The van der Waals surface area contributed by atoms with Crippen molar-refractivity contribution in [2.24, 2.45) is 0 Å². The topological polar surface area (TPSA) is 26.0 Å². The van der Waals surface area contributed by atoms with Crippen LogP contribution in [0.2, 0.25) is 0 Å². The fourth-order valence-electron chi connectivity index (χ4n) is 2.30. The Morgan fingerprint density at radius 2 is 2.00 bits per heavy atom. The molecule has 0 heterocycles. The summed E-state index contributed by atoms with van der Waals surface area (Å²) >= 11 is 0. The normalized spacial score (nSPS) is 14.1. The molecule has 0 saturated carbocycles. The molecular formula is C14H13N. The maximum atomic E-state index is 6.19. The molecule has 2 aromatic carbocycles. The second kappa shape index (κ2) is 3.13. The average Bonchev–Trinajstić information content (AvgIpc) is 2.30. The molecule has 0 aromatic heterocycles. The number of allylic oxidation sites excluding steroid dienone is 1. The summed E-state index contributed by atoms with van der Waals surface area (Å²) in [7, 11) is 0. The molecule has 1 heteroatoms. The van der Waals surface area contributed by atoms with Gasteiger partial charge in [-0.25, -0.2) is 0 Å². The summed E-state index contributed by atoms with van der Waals surface area (Å²) in [5.41, 5.74) is 9.72. The molecule has 15 heavy (non-hydrogen) atoms. The van der Waals surface area contributed by atoms with Gasteiger partial charge in [0, 0.05) is 16.6 Å². The summed E-state index contributed by atoms with van der Waals surface area (Å²) in [6.07, 6.45) is 6.60. The van der Waals surface area contributed by atoms with Crippen molar-refractivity contribution < 1.29 is 0 Å².